The molecule has 14 heavy (non-hydrogen) atoms. The molecule has 1 N–H and O–H groups in total. The largest absolute Gasteiger partial charge is 0.292 e. The first-order valence-corrected chi connectivity index (χ1v) is 5.22. The van der Waals surface area contributed by atoms with Crippen molar-refractivity contribution in [3.63, 3.8) is 0 Å². The van der Waals surface area contributed by atoms with Crippen molar-refractivity contribution >= 4 is 11.8 Å². The van der Waals surface area contributed by atoms with Gasteiger partial charge in [0.25, 0.3) is 5.91 Å². The van der Waals surface area contributed by atoms with Crippen molar-refractivity contribution < 1.29 is 9.59 Å². The second-order valence-corrected chi connectivity index (χ2v) is 4.34. The lowest BCUT2D eigenvalue weighted by Gasteiger charge is -2.21. The van der Waals surface area contributed by atoms with Gasteiger partial charge in [-0.25, -0.2) is 0 Å². The first-order chi connectivity index (χ1) is 6.66. The molecule has 0 aromatic rings. The molecule has 0 bridgehead atoms. The van der Waals surface area contributed by atoms with E-state index in [9.17, 15) is 9.59 Å². The number of carbonyl (C=O) groups excluding carboxylic acids is 2. The van der Waals surface area contributed by atoms with E-state index in [-0.39, 0.29) is 11.8 Å². The smallest absolute Gasteiger partial charge is 0.254 e. The van der Waals surface area contributed by atoms with Crippen molar-refractivity contribution in [1.82, 2.24) is 5.32 Å². The molecular formula is C11H15NO2. The maximum Gasteiger partial charge on any atom is 0.254 e. The summed E-state index contributed by atoms with van der Waals surface area (Å²) in [5.74, 6) is 0.365. The first kappa shape index (κ1) is 9.44. The van der Waals surface area contributed by atoms with Crippen LogP contribution in [0.2, 0.25) is 0 Å². The third-order valence-electron chi connectivity index (χ3n) is 3.06. The van der Waals surface area contributed by atoms with Gasteiger partial charge >= 0.3 is 0 Å². The highest BCUT2D eigenvalue weighted by Gasteiger charge is 2.28. The summed E-state index contributed by atoms with van der Waals surface area (Å²) in [7, 11) is 0. The molecule has 76 valence electrons. The Kier molecular flexibility index (Phi) is 2.40. The van der Waals surface area contributed by atoms with Gasteiger partial charge in [-0.1, -0.05) is 18.9 Å². The molecule has 2 aliphatic rings. The highest BCUT2D eigenvalue weighted by Crippen LogP contribution is 2.32. The summed E-state index contributed by atoms with van der Waals surface area (Å²) in [5, 5.41) is 2.34. The van der Waals surface area contributed by atoms with Crippen molar-refractivity contribution in [3.8, 4) is 0 Å². The Morgan fingerprint density at radius 1 is 1.36 bits per heavy atom. The number of hydrogen-bond acceptors (Lipinski definition) is 2. The lowest BCUT2D eigenvalue weighted by Crippen LogP contribution is -2.20. The topological polar surface area (TPSA) is 46.2 Å². The quantitative estimate of drug-likeness (QED) is 0.468. The molecule has 1 aliphatic carbocycles. The fourth-order valence-corrected chi connectivity index (χ4v) is 2.34. The van der Waals surface area contributed by atoms with Crippen LogP contribution in [0.15, 0.2) is 11.1 Å². The van der Waals surface area contributed by atoms with E-state index in [1.807, 2.05) is 0 Å². The van der Waals surface area contributed by atoms with Gasteiger partial charge in [0.2, 0.25) is 5.91 Å². The van der Waals surface area contributed by atoms with Crippen LogP contribution in [-0.4, -0.2) is 11.8 Å². The molecule has 3 heteroatoms. The second-order valence-electron chi connectivity index (χ2n) is 4.34. The lowest BCUT2D eigenvalue weighted by molar-refractivity contribution is -0.124. The van der Waals surface area contributed by atoms with Crippen LogP contribution < -0.4 is 5.32 Å². The molecule has 2 fully saturated rings. The van der Waals surface area contributed by atoms with Gasteiger partial charge in [0.1, 0.15) is 0 Å². The molecule has 1 saturated carbocycles. The zero-order valence-corrected chi connectivity index (χ0v) is 8.43. The number of rotatable bonds is 0. The third kappa shape index (κ3) is 1.72. The number of allylic oxidation sites excluding steroid dienone is 1. The average molecular weight is 193 g/mol. The van der Waals surface area contributed by atoms with Crippen LogP contribution >= 0.6 is 0 Å². The summed E-state index contributed by atoms with van der Waals surface area (Å²) in [6.45, 7) is 2.20. The lowest BCUT2D eigenvalue weighted by atomic mass is 9.84. The Balaban J connectivity index is 2.21. The van der Waals surface area contributed by atoms with Crippen molar-refractivity contribution in [3.05, 3.63) is 11.1 Å². The summed E-state index contributed by atoms with van der Waals surface area (Å²) in [6.07, 6.45) is 4.70. The molecule has 0 radical (unpaired) electrons. The van der Waals surface area contributed by atoms with Crippen LogP contribution in [-0.2, 0) is 9.59 Å². The van der Waals surface area contributed by atoms with Crippen LogP contribution in [0.4, 0.5) is 0 Å². The Labute approximate surface area is 83.6 Å². The van der Waals surface area contributed by atoms with E-state index in [0.29, 0.717) is 12.3 Å². The second kappa shape index (κ2) is 3.56. The minimum Gasteiger partial charge on any atom is -0.292 e. The summed E-state index contributed by atoms with van der Waals surface area (Å²) in [5.41, 5.74) is 1.97. The minimum atomic E-state index is -0.154. The van der Waals surface area contributed by atoms with Crippen LogP contribution in [0.5, 0.6) is 0 Å². The average Bonchev–Trinajstić information content (AvgIpc) is 2.45. The van der Waals surface area contributed by atoms with E-state index in [4.69, 9.17) is 0 Å². The zero-order valence-electron chi connectivity index (χ0n) is 8.43. The Morgan fingerprint density at radius 2 is 2.14 bits per heavy atom. The van der Waals surface area contributed by atoms with Gasteiger partial charge in [0, 0.05) is 5.57 Å². The molecule has 1 atom stereocenters. The normalized spacial score (nSPS) is 33.4. The number of nitrogens with one attached hydrogen (secondary N) is 1. The van der Waals surface area contributed by atoms with Gasteiger partial charge in [0.05, 0.1) is 6.42 Å². The summed E-state index contributed by atoms with van der Waals surface area (Å²) >= 11 is 0. The molecule has 0 aromatic carbocycles. The number of hydrogen-bond donors (Lipinski definition) is 1. The molecular weight excluding hydrogens is 178 g/mol. The summed E-state index contributed by atoms with van der Waals surface area (Å²) < 4.78 is 0. The van der Waals surface area contributed by atoms with Gasteiger partial charge in [-0.15, -0.1) is 0 Å². The van der Waals surface area contributed by atoms with Crippen LogP contribution in [0.25, 0.3) is 0 Å². The highest BCUT2D eigenvalue weighted by atomic mass is 16.2. The standard InChI is InChI=1S/C11H15NO2/c1-7-3-2-4-8(5-7)9-6-10(13)12-11(9)14/h7H,2-6H2,1H3,(H,12,13,14). The van der Waals surface area contributed by atoms with Gasteiger partial charge in [0.15, 0.2) is 0 Å². The predicted molar refractivity (Wildman–Crippen MR) is 52.4 cm³/mol. The predicted octanol–water partition coefficient (Wildman–Crippen LogP) is 1.54. The number of carbonyl (C=O) groups is 2. The van der Waals surface area contributed by atoms with Gasteiger partial charge in [-0.3, -0.25) is 14.9 Å². The Hall–Kier alpha value is -1.12. The SMILES string of the molecule is CC1CCCC(=C2CC(=O)NC2=O)C1. The van der Waals surface area contributed by atoms with Crippen molar-refractivity contribution in [1.29, 1.82) is 0 Å². The molecule has 2 amide bonds. The fourth-order valence-electron chi connectivity index (χ4n) is 2.34. The van der Waals surface area contributed by atoms with E-state index in [0.717, 1.165) is 24.8 Å². The fraction of sp³-hybridized carbons (Fsp3) is 0.636. The molecule has 1 heterocycles. The zero-order chi connectivity index (χ0) is 10.1. The first-order valence-electron chi connectivity index (χ1n) is 5.22. The number of imide groups is 1. The van der Waals surface area contributed by atoms with E-state index in [1.54, 1.807) is 0 Å². The maximum absolute atomic E-state index is 11.4. The molecule has 0 aromatic heterocycles. The van der Waals surface area contributed by atoms with E-state index < -0.39 is 0 Å². The Bertz CT molecular complexity index is 317. The van der Waals surface area contributed by atoms with E-state index >= 15 is 0 Å². The van der Waals surface area contributed by atoms with E-state index in [2.05, 4.69) is 12.2 Å². The van der Waals surface area contributed by atoms with E-state index in [1.165, 1.54) is 12.0 Å². The van der Waals surface area contributed by atoms with Gasteiger partial charge < -0.3 is 0 Å². The van der Waals surface area contributed by atoms with Crippen molar-refractivity contribution in [2.45, 2.75) is 39.0 Å². The molecule has 0 spiro atoms. The maximum atomic E-state index is 11.4. The van der Waals surface area contributed by atoms with Crippen LogP contribution in [0.1, 0.15) is 39.0 Å². The molecule has 1 unspecified atom stereocenters. The summed E-state index contributed by atoms with van der Waals surface area (Å²) in [6, 6.07) is 0. The van der Waals surface area contributed by atoms with Gasteiger partial charge in [-0.05, 0) is 25.2 Å². The third-order valence-corrected chi connectivity index (χ3v) is 3.06. The minimum absolute atomic E-state index is 0.143. The van der Waals surface area contributed by atoms with Gasteiger partial charge in [-0.2, -0.15) is 0 Å². The Morgan fingerprint density at radius 3 is 2.71 bits per heavy atom. The highest BCUT2D eigenvalue weighted by molar-refractivity contribution is 6.13. The van der Waals surface area contributed by atoms with Crippen molar-refractivity contribution in [2.24, 2.45) is 5.92 Å². The van der Waals surface area contributed by atoms with Crippen LogP contribution in [0, 0.1) is 5.92 Å². The number of amides is 2. The monoisotopic (exact) mass is 193 g/mol. The molecule has 2 rings (SSSR count). The molecule has 3 nitrogen and oxygen atoms in total. The van der Waals surface area contributed by atoms with Crippen LogP contribution in [0.3, 0.4) is 0 Å². The van der Waals surface area contributed by atoms with Crippen molar-refractivity contribution in [2.75, 3.05) is 0 Å². The molecule has 1 aliphatic heterocycles. The molecule has 1 saturated heterocycles. The summed E-state index contributed by atoms with van der Waals surface area (Å²) in [4.78, 5) is 22.4.